The topological polar surface area (TPSA) is 30.5 Å². The monoisotopic (exact) mass is 257 g/mol. The van der Waals surface area contributed by atoms with Crippen molar-refractivity contribution in [1.82, 2.24) is 5.32 Å². The average Bonchev–Trinajstić information content (AvgIpc) is 2.33. The zero-order valence-electron chi connectivity index (χ0n) is 12.6. The van der Waals surface area contributed by atoms with Gasteiger partial charge in [-0.2, -0.15) is 0 Å². The van der Waals surface area contributed by atoms with Gasteiger partial charge in [0.25, 0.3) is 0 Å². The minimum Gasteiger partial charge on any atom is -0.381 e. The van der Waals surface area contributed by atoms with E-state index in [1.165, 1.54) is 0 Å². The molecule has 0 aromatic rings. The molecule has 0 spiro atoms. The van der Waals surface area contributed by atoms with Crippen LogP contribution in [0.3, 0.4) is 0 Å². The van der Waals surface area contributed by atoms with Gasteiger partial charge in [-0.3, -0.25) is 0 Å². The number of hydrogen-bond donors (Lipinski definition) is 1. The first kappa shape index (κ1) is 15.9. The standard InChI is InChI=1S/C15H31NO2/c1-5-15(4)11-14(7-10-18-15)16-8-6-9-17-12-13(2)3/h13-14,16H,5-12H2,1-4H3. The van der Waals surface area contributed by atoms with Crippen molar-refractivity contribution in [2.75, 3.05) is 26.4 Å². The Kier molecular flexibility index (Phi) is 7.20. The summed E-state index contributed by atoms with van der Waals surface area (Å²) in [7, 11) is 0. The van der Waals surface area contributed by atoms with Crippen molar-refractivity contribution < 1.29 is 9.47 Å². The molecule has 1 heterocycles. The fourth-order valence-corrected chi connectivity index (χ4v) is 2.35. The Hall–Kier alpha value is -0.120. The maximum absolute atomic E-state index is 5.85. The predicted octanol–water partition coefficient (Wildman–Crippen LogP) is 2.99. The van der Waals surface area contributed by atoms with Crippen molar-refractivity contribution in [2.24, 2.45) is 5.92 Å². The van der Waals surface area contributed by atoms with Crippen molar-refractivity contribution >= 4 is 0 Å². The van der Waals surface area contributed by atoms with Gasteiger partial charge in [-0.05, 0) is 45.1 Å². The molecule has 0 saturated carbocycles. The smallest absolute Gasteiger partial charge is 0.0666 e. The molecule has 0 amide bonds. The molecule has 0 aliphatic carbocycles. The van der Waals surface area contributed by atoms with E-state index < -0.39 is 0 Å². The minimum absolute atomic E-state index is 0.0874. The fraction of sp³-hybridized carbons (Fsp3) is 1.00. The van der Waals surface area contributed by atoms with Crippen molar-refractivity contribution in [3.05, 3.63) is 0 Å². The molecule has 108 valence electrons. The summed E-state index contributed by atoms with van der Waals surface area (Å²) in [5.74, 6) is 0.638. The lowest BCUT2D eigenvalue weighted by Gasteiger charge is -2.38. The fourth-order valence-electron chi connectivity index (χ4n) is 2.35. The molecule has 3 heteroatoms. The maximum atomic E-state index is 5.85. The minimum atomic E-state index is 0.0874. The molecular formula is C15H31NO2. The predicted molar refractivity (Wildman–Crippen MR) is 75.9 cm³/mol. The Morgan fingerprint density at radius 2 is 2.22 bits per heavy atom. The van der Waals surface area contributed by atoms with E-state index in [1.54, 1.807) is 0 Å². The van der Waals surface area contributed by atoms with E-state index in [9.17, 15) is 0 Å². The van der Waals surface area contributed by atoms with Crippen molar-refractivity contribution in [3.63, 3.8) is 0 Å². The summed E-state index contributed by atoms with van der Waals surface area (Å²) >= 11 is 0. The van der Waals surface area contributed by atoms with E-state index in [1.807, 2.05) is 0 Å². The van der Waals surface area contributed by atoms with Crippen LogP contribution in [-0.4, -0.2) is 38.0 Å². The van der Waals surface area contributed by atoms with Crippen LogP contribution in [0.15, 0.2) is 0 Å². The first-order valence-corrected chi connectivity index (χ1v) is 7.51. The van der Waals surface area contributed by atoms with Crippen molar-refractivity contribution in [3.8, 4) is 0 Å². The summed E-state index contributed by atoms with van der Waals surface area (Å²) in [4.78, 5) is 0. The Labute approximate surface area is 113 Å². The SMILES string of the molecule is CCC1(C)CC(NCCCOCC(C)C)CCO1. The van der Waals surface area contributed by atoms with Gasteiger partial charge in [0.15, 0.2) is 0 Å². The number of nitrogens with one attached hydrogen (secondary N) is 1. The molecule has 0 aromatic carbocycles. The Morgan fingerprint density at radius 1 is 1.44 bits per heavy atom. The van der Waals surface area contributed by atoms with Crippen LogP contribution >= 0.6 is 0 Å². The van der Waals surface area contributed by atoms with Gasteiger partial charge < -0.3 is 14.8 Å². The molecular weight excluding hydrogens is 226 g/mol. The molecule has 18 heavy (non-hydrogen) atoms. The highest BCUT2D eigenvalue weighted by Gasteiger charge is 2.31. The number of rotatable bonds is 8. The highest BCUT2D eigenvalue weighted by Crippen LogP contribution is 2.27. The van der Waals surface area contributed by atoms with Crippen LogP contribution in [-0.2, 0) is 9.47 Å². The van der Waals surface area contributed by atoms with Gasteiger partial charge in [0, 0.05) is 25.9 Å². The highest BCUT2D eigenvalue weighted by molar-refractivity contribution is 4.85. The summed E-state index contributed by atoms with van der Waals surface area (Å²) in [5, 5.41) is 3.64. The van der Waals surface area contributed by atoms with Gasteiger partial charge in [-0.25, -0.2) is 0 Å². The summed E-state index contributed by atoms with van der Waals surface area (Å²) in [6, 6.07) is 0.619. The molecule has 0 radical (unpaired) electrons. The van der Waals surface area contributed by atoms with E-state index in [-0.39, 0.29) is 5.60 Å². The molecule has 1 aliphatic heterocycles. The summed E-state index contributed by atoms with van der Waals surface area (Å²) in [5.41, 5.74) is 0.0874. The lowest BCUT2D eigenvalue weighted by atomic mass is 9.90. The molecule has 0 aromatic heterocycles. The van der Waals surface area contributed by atoms with E-state index >= 15 is 0 Å². The van der Waals surface area contributed by atoms with Crippen molar-refractivity contribution in [2.45, 2.75) is 65.0 Å². The van der Waals surface area contributed by atoms with Crippen LogP contribution in [0.1, 0.15) is 53.4 Å². The van der Waals surface area contributed by atoms with Gasteiger partial charge in [0.05, 0.1) is 5.60 Å². The third kappa shape index (κ3) is 6.17. The molecule has 1 fully saturated rings. The quantitative estimate of drug-likeness (QED) is 0.678. The van der Waals surface area contributed by atoms with E-state index in [0.29, 0.717) is 12.0 Å². The summed E-state index contributed by atoms with van der Waals surface area (Å²) < 4.78 is 11.4. The maximum Gasteiger partial charge on any atom is 0.0666 e. The lowest BCUT2D eigenvalue weighted by Crippen LogP contribution is -2.45. The van der Waals surface area contributed by atoms with Gasteiger partial charge in [-0.15, -0.1) is 0 Å². The lowest BCUT2D eigenvalue weighted by molar-refractivity contribution is -0.0779. The van der Waals surface area contributed by atoms with Crippen molar-refractivity contribution in [1.29, 1.82) is 0 Å². The Balaban J connectivity index is 2.05. The summed E-state index contributed by atoms with van der Waals surface area (Å²) in [6.07, 6.45) is 4.48. The van der Waals surface area contributed by atoms with Crippen LogP contribution in [0, 0.1) is 5.92 Å². The molecule has 1 N–H and O–H groups in total. The number of ether oxygens (including phenoxy) is 2. The number of hydrogen-bond acceptors (Lipinski definition) is 3. The summed E-state index contributed by atoms with van der Waals surface area (Å²) in [6.45, 7) is 12.5. The average molecular weight is 257 g/mol. The van der Waals surface area contributed by atoms with Crippen LogP contribution in [0.4, 0.5) is 0 Å². The van der Waals surface area contributed by atoms with Crippen LogP contribution in [0.5, 0.6) is 0 Å². The van der Waals surface area contributed by atoms with E-state index in [4.69, 9.17) is 9.47 Å². The zero-order chi connectivity index (χ0) is 13.4. The van der Waals surface area contributed by atoms with Gasteiger partial charge in [0.1, 0.15) is 0 Å². The third-order valence-electron chi connectivity index (χ3n) is 3.69. The molecule has 1 rings (SSSR count). The normalized spacial score (nSPS) is 28.8. The highest BCUT2D eigenvalue weighted by atomic mass is 16.5. The van der Waals surface area contributed by atoms with Crippen LogP contribution in [0.25, 0.3) is 0 Å². The largest absolute Gasteiger partial charge is 0.381 e. The van der Waals surface area contributed by atoms with Crippen LogP contribution < -0.4 is 5.32 Å². The Bertz CT molecular complexity index is 221. The molecule has 0 bridgehead atoms. The second-order valence-corrected chi connectivity index (χ2v) is 6.12. The second kappa shape index (κ2) is 8.13. The molecule has 2 unspecified atom stereocenters. The molecule has 1 aliphatic rings. The molecule has 1 saturated heterocycles. The van der Waals surface area contributed by atoms with Gasteiger partial charge in [0.2, 0.25) is 0 Å². The van der Waals surface area contributed by atoms with Gasteiger partial charge >= 0.3 is 0 Å². The molecule has 2 atom stereocenters. The first-order chi connectivity index (χ1) is 8.56. The zero-order valence-corrected chi connectivity index (χ0v) is 12.6. The third-order valence-corrected chi connectivity index (χ3v) is 3.69. The second-order valence-electron chi connectivity index (χ2n) is 6.12. The molecule has 3 nitrogen and oxygen atoms in total. The van der Waals surface area contributed by atoms with Gasteiger partial charge in [-0.1, -0.05) is 20.8 Å². The Morgan fingerprint density at radius 3 is 2.89 bits per heavy atom. The van der Waals surface area contributed by atoms with E-state index in [0.717, 1.165) is 52.0 Å². The van der Waals surface area contributed by atoms with Crippen LogP contribution in [0.2, 0.25) is 0 Å². The first-order valence-electron chi connectivity index (χ1n) is 7.51. The van der Waals surface area contributed by atoms with E-state index in [2.05, 4.69) is 33.0 Å².